The topological polar surface area (TPSA) is 23.6 Å². The van der Waals surface area contributed by atoms with Gasteiger partial charge >= 0.3 is 0 Å². The van der Waals surface area contributed by atoms with E-state index in [1.807, 2.05) is 36.4 Å². The van der Waals surface area contributed by atoms with Gasteiger partial charge in [0, 0.05) is 53.0 Å². The minimum Gasteiger partial charge on any atom is -0.368 e. The minimum atomic E-state index is 0.0673. The Balaban J connectivity index is 2.08. The first kappa shape index (κ1) is 15.4. The second kappa shape index (κ2) is 6.08. The Morgan fingerprint density at radius 1 is 0.875 bits per heavy atom. The molecule has 1 saturated heterocycles. The maximum atomic E-state index is 13.0. The molecule has 0 N–H and O–H groups in total. The highest BCUT2D eigenvalue weighted by atomic mass is 35.5. The lowest BCUT2D eigenvalue weighted by Gasteiger charge is -2.34. The quantitative estimate of drug-likeness (QED) is 0.675. The van der Waals surface area contributed by atoms with E-state index in [1.54, 1.807) is 6.07 Å². The summed E-state index contributed by atoms with van der Waals surface area (Å²) in [7, 11) is 2.14. The Hall–Kier alpha value is -2.10. The van der Waals surface area contributed by atoms with Crippen LogP contribution < -0.4 is 10.3 Å². The lowest BCUT2D eigenvalue weighted by molar-refractivity contribution is 0.313. The van der Waals surface area contributed by atoms with Gasteiger partial charge in [-0.25, -0.2) is 0 Å². The van der Waals surface area contributed by atoms with Gasteiger partial charge in [-0.15, -0.1) is 0 Å². The van der Waals surface area contributed by atoms with E-state index in [0.717, 1.165) is 53.4 Å². The molecule has 0 radical (unpaired) electrons. The number of rotatable bonds is 1. The number of piperazine rings is 1. The summed E-state index contributed by atoms with van der Waals surface area (Å²) in [5.41, 5.74) is 1.16. The van der Waals surface area contributed by atoms with Crippen molar-refractivity contribution >= 4 is 38.8 Å². The van der Waals surface area contributed by atoms with Crippen molar-refractivity contribution in [2.45, 2.75) is 0 Å². The van der Waals surface area contributed by atoms with Crippen molar-refractivity contribution in [3.63, 3.8) is 0 Å². The molecule has 4 heteroatoms. The van der Waals surface area contributed by atoms with Gasteiger partial charge in [0.1, 0.15) is 0 Å². The molecule has 0 aliphatic carbocycles. The van der Waals surface area contributed by atoms with Gasteiger partial charge < -0.3 is 9.80 Å². The number of likely N-dealkylation sites (N-methyl/N-ethyl adjacent to an activating group) is 1. The van der Waals surface area contributed by atoms with Gasteiger partial charge in [-0.2, -0.15) is 0 Å². The third-order valence-corrected chi connectivity index (χ3v) is 5.08. The number of halogens is 1. The average molecular weight is 339 g/mol. The second-order valence-electron chi connectivity index (χ2n) is 6.43. The van der Waals surface area contributed by atoms with Crippen LogP contribution in [0.15, 0.2) is 53.3 Å². The van der Waals surface area contributed by atoms with Crippen molar-refractivity contribution in [1.82, 2.24) is 4.90 Å². The van der Waals surface area contributed by atoms with Crippen LogP contribution in [0.2, 0.25) is 5.02 Å². The molecule has 0 spiro atoms. The highest BCUT2D eigenvalue weighted by molar-refractivity contribution is 6.31. The van der Waals surface area contributed by atoms with Crippen molar-refractivity contribution in [2.24, 2.45) is 0 Å². The monoisotopic (exact) mass is 338 g/mol. The van der Waals surface area contributed by atoms with E-state index in [4.69, 9.17) is 11.6 Å². The van der Waals surface area contributed by atoms with E-state index in [0.29, 0.717) is 5.02 Å². The molecule has 0 saturated carbocycles. The molecule has 3 aromatic rings. The molecule has 0 unspecified atom stereocenters. The predicted molar refractivity (Wildman–Crippen MR) is 102 cm³/mol. The average Bonchev–Trinajstić information content (AvgIpc) is 2.71. The summed E-state index contributed by atoms with van der Waals surface area (Å²) >= 11 is 6.25. The highest BCUT2D eigenvalue weighted by Gasteiger charge is 2.17. The fourth-order valence-electron chi connectivity index (χ4n) is 3.44. The van der Waals surface area contributed by atoms with Crippen LogP contribution in [0, 0.1) is 0 Å². The van der Waals surface area contributed by atoms with E-state index < -0.39 is 0 Å². The summed E-state index contributed by atoms with van der Waals surface area (Å²) < 4.78 is 0. The van der Waals surface area contributed by atoms with Gasteiger partial charge in [0.15, 0.2) is 5.43 Å². The maximum Gasteiger partial charge on any atom is 0.194 e. The van der Waals surface area contributed by atoms with Crippen molar-refractivity contribution in [1.29, 1.82) is 0 Å². The first-order chi connectivity index (χ1) is 11.6. The Morgan fingerprint density at radius 2 is 1.62 bits per heavy atom. The van der Waals surface area contributed by atoms with Gasteiger partial charge in [-0.3, -0.25) is 4.79 Å². The Bertz CT molecular complexity index is 978. The number of benzene rings is 2. The van der Waals surface area contributed by atoms with Crippen LogP contribution in [0.25, 0.3) is 21.5 Å². The molecule has 122 valence electrons. The van der Waals surface area contributed by atoms with Gasteiger partial charge in [0.05, 0.1) is 0 Å². The Kier molecular flexibility index (Phi) is 3.91. The van der Waals surface area contributed by atoms with Gasteiger partial charge in [0.2, 0.25) is 0 Å². The smallest absolute Gasteiger partial charge is 0.194 e. The summed E-state index contributed by atoms with van der Waals surface area (Å²) in [4.78, 5) is 17.7. The van der Waals surface area contributed by atoms with Crippen LogP contribution in [0.5, 0.6) is 0 Å². The standard InChI is InChI=1S/C20H19ClN2O/c1-22-8-10-23(11-9-22)19-12-14-4-2-3-5-16(14)20(24)17-7-6-15(21)13-18(17)19/h2-7,12-13H,8-11H2,1H3. The van der Waals surface area contributed by atoms with E-state index in [1.165, 1.54) is 0 Å². The largest absolute Gasteiger partial charge is 0.368 e. The van der Waals surface area contributed by atoms with E-state index in [2.05, 4.69) is 22.9 Å². The lowest BCUT2D eigenvalue weighted by atomic mass is 10.1. The second-order valence-corrected chi connectivity index (χ2v) is 6.86. The summed E-state index contributed by atoms with van der Waals surface area (Å²) in [6.07, 6.45) is 0. The maximum absolute atomic E-state index is 13.0. The summed E-state index contributed by atoms with van der Waals surface area (Å²) in [5, 5.41) is 4.06. The molecule has 0 bridgehead atoms. The number of nitrogens with zero attached hydrogens (tertiary/aromatic N) is 2. The number of hydrogen-bond acceptors (Lipinski definition) is 3. The molecule has 24 heavy (non-hydrogen) atoms. The lowest BCUT2D eigenvalue weighted by Crippen LogP contribution is -2.44. The van der Waals surface area contributed by atoms with Crippen LogP contribution in [0.4, 0.5) is 5.69 Å². The number of anilines is 1. The minimum absolute atomic E-state index is 0.0673. The van der Waals surface area contributed by atoms with E-state index in [-0.39, 0.29) is 5.43 Å². The molecule has 3 aromatic carbocycles. The Labute approximate surface area is 146 Å². The molecule has 4 rings (SSSR count). The first-order valence-electron chi connectivity index (χ1n) is 8.22. The van der Waals surface area contributed by atoms with Crippen LogP contribution in [0.1, 0.15) is 0 Å². The first-order valence-corrected chi connectivity index (χ1v) is 8.60. The Morgan fingerprint density at radius 3 is 2.42 bits per heavy atom. The summed E-state index contributed by atoms with van der Waals surface area (Å²) in [6.45, 7) is 3.93. The van der Waals surface area contributed by atoms with Crippen LogP contribution in [0.3, 0.4) is 0 Å². The molecule has 3 nitrogen and oxygen atoms in total. The van der Waals surface area contributed by atoms with Crippen LogP contribution in [-0.4, -0.2) is 38.1 Å². The summed E-state index contributed by atoms with van der Waals surface area (Å²) in [5.74, 6) is 0. The van der Waals surface area contributed by atoms with Crippen LogP contribution in [-0.2, 0) is 0 Å². The zero-order chi connectivity index (χ0) is 16.7. The van der Waals surface area contributed by atoms with Crippen molar-refractivity contribution < 1.29 is 0 Å². The van der Waals surface area contributed by atoms with Gasteiger partial charge in [-0.05, 0) is 36.7 Å². The fourth-order valence-corrected chi connectivity index (χ4v) is 3.61. The van der Waals surface area contributed by atoms with Crippen LogP contribution >= 0.6 is 11.6 Å². The van der Waals surface area contributed by atoms with Crippen molar-refractivity contribution in [2.75, 3.05) is 38.1 Å². The van der Waals surface area contributed by atoms with Gasteiger partial charge in [-0.1, -0.05) is 35.9 Å². The van der Waals surface area contributed by atoms with E-state index in [9.17, 15) is 4.79 Å². The van der Waals surface area contributed by atoms with Crippen molar-refractivity contribution in [3.8, 4) is 0 Å². The molecular formula is C20H19ClN2O. The molecule has 1 aliphatic heterocycles. The predicted octanol–water partition coefficient (Wildman–Crippen LogP) is 3.76. The molecule has 1 fully saturated rings. The summed E-state index contributed by atoms with van der Waals surface area (Å²) in [6, 6.07) is 15.5. The number of hydrogen-bond donors (Lipinski definition) is 0. The molecule has 0 amide bonds. The van der Waals surface area contributed by atoms with Crippen molar-refractivity contribution in [3.05, 3.63) is 63.8 Å². The highest BCUT2D eigenvalue weighted by Crippen LogP contribution is 2.30. The molecular weight excluding hydrogens is 320 g/mol. The van der Waals surface area contributed by atoms with E-state index >= 15 is 0 Å². The third kappa shape index (κ3) is 2.64. The normalized spacial score (nSPS) is 16.0. The molecule has 1 heterocycles. The number of fused-ring (bicyclic) bond motifs is 2. The zero-order valence-corrected chi connectivity index (χ0v) is 14.4. The van der Waals surface area contributed by atoms with Gasteiger partial charge in [0.25, 0.3) is 0 Å². The molecule has 0 aromatic heterocycles. The third-order valence-electron chi connectivity index (χ3n) is 4.84. The zero-order valence-electron chi connectivity index (χ0n) is 13.6. The SMILES string of the molecule is CN1CCN(c2cc3ccccc3c(=O)c3ccc(Cl)cc23)CC1. The molecule has 0 atom stereocenters. The molecule has 1 aliphatic rings. The fraction of sp³-hybridized carbons (Fsp3) is 0.250.